The highest BCUT2D eigenvalue weighted by Crippen LogP contribution is 2.45. The number of rotatable bonds is 6. The van der Waals surface area contributed by atoms with Crippen molar-refractivity contribution >= 4 is 35.5 Å². The Balaban J connectivity index is 1.16. The number of imide groups is 1. The summed E-state index contributed by atoms with van der Waals surface area (Å²) in [6, 6.07) is 19.9. The Labute approximate surface area is 264 Å². The lowest BCUT2D eigenvalue weighted by Crippen LogP contribution is -2.78. The van der Waals surface area contributed by atoms with Crippen LogP contribution in [0.15, 0.2) is 88.8 Å². The SMILES string of the molecule is Cc1c(C(=O)NC2CN3C(N)=N[C@@H](CN4C(=O)CN(c5ccccc5)C4=O)[C@@H]4N=C(N)NC43C2(O)O)cccc1-c1ccccc1. The van der Waals surface area contributed by atoms with Crippen LogP contribution < -0.4 is 27.0 Å². The second-order valence-corrected chi connectivity index (χ2v) is 11.8. The summed E-state index contributed by atoms with van der Waals surface area (Å²) in [6.07, 6.45) is 0. The van der Waals surface area contributed by atoms with Crippen LogP contribution >= 0.6 is 0 Å². The number of nitrogens with zero attached hydrogens (tertiary/aromatic N) is 5. The van der Waals surface area contributed by atoms with Gasteiger partial charge in [-0.25, -0.2) is 14.8 Å². The number of amides is 4. The van der Waals surface area contributed by atoms with E-state index in [0.717, 1.165) is 21.6 Å². The van der Waals surface area contributed by atoms with Crippen molar-refractivity contribution in [3.8, 4) is 11.1 Å². The van der Waals surface area contributed by atoms with E-state index in [1.165, 1.54) is 9.80 Å². The standard InChI is InChI=1S/C32H33N9O5/c1-18-21(19-9-4-2-5-10-19)13-8-14-22(18)27(43)36-24-16-41-29(34)35-23(26-31(41,32(24,45)46)38-28(33)37-26)15-40-25(42)17-39(30(40)44)20-11-6-3-7-12-20/h2-14,23-24,26,45-46H,15-17H2,1H3,(H2,34,35)(H,36,43)(H3,33,37,38)/t23-,24?,26-,31?/m0/s1. The molecule has 3 aromatic carbocycles. The first kappa shape index (κ1) is 29.3. The number of benzene rings is 3. The summed E-state index contributed by atoms with van der Waals surface area (Å²) in [5.41, 5.74) is 14.1. The predicted molar refractivity (Wildman–Crippen MR) is 169 cm³/mol. The summed E-state index contributed by atoms with van der Waals surface area (Å²) in [6.45, 7) is 1.29. The van der Waals surface area contributed by atoms with Crippen molar-refractivity contribution in [2.24, 2.45) is 21.5 Å². The summed E-state index contributed by atoms with van der Waals surface area (Å²) < 4.78 is 0. The summed E-state index contributed by atoms with van der Waals surface area (Å²) in [7, 11) is 0. The fourth-order valence-corrected chi connectivity index (χ4v) is 7.00. The number of hydrogen-bond donors (Lipinski definition) is 6. The third kappa shape index (κ3) is 4.29. The average molecular weight is 624 g/mol. The number of nitrogens with one attached hydrogen (secondary N) is 2. The summed E-state index contributed by atoms with van der Waals surface area (Å²) >= 11 is 0. The number of urea groups is 1. The highest BCUT2D eigenvalue weighted by molar-refractivity contribution is 6.12. The Morgan fingerprint density at radius 3 is 2.41 bits per heavy atom. The van der Waals surface area contributed by atoms with Crippen molar-refractivity contribution in [1.82, 2.24) is 20.4 Å². The maximum absolute atomic E-state index is 13.7. The molecule has 2 saturated heterocycles. The van der Waals surface area contributed by atoms with Gasteiger partial charge in [-0.15, -0.1) is 0 Å². The van der Waals surface area contributed by atoms with Gasteiger partial charge in [-0.1, -0.05) is 60.7 Å². The number of carbonyl (C=O) groups is 3. The minimum absolute atomic E-state index is 0.0934. The molecule has 1 spiro atoms. The topological polar surface area (TPSA) is 202 Å². The molecule has 4 aliphatic rings. The lowest BCUT2D eigenvalue weighted by atomic mass is 9.84. The van der Waals surface area contributed by atoms with Crippen LogP contribution in [-0.2, 0) is 4.79 Å². The van der Waals surface area contributed by atoms with Gasteiger partial charge in [0, 0.05) is 17.8 Å². The first-order valence-electron chi connectivity index (χ1n) is 14.8. The van der Waals surface area contributed by atoms with Crippen LogP contribution in [0.2, 0.25) is 0 Å². The van der Waals surface area contributed by atoms with Crippen molar-refractivity contribution < 1.29 is 24.6 Å². The van der Waals surface area contributed by atoms with Crippen LogP contribution in [0, 0.1) is 6.92 Å². The summed E-state index contributed by atoms with van der Waals surface area (Å²) in [5.74, 6) is -3.86. The maximum atomic E-state index is 13.7. The van der Waals surface area contributed by atoms with Gasteiger partial charge in [-0.05, 0) is 41.8 Å². The Kier molecular flexibility index (Phi) is 6.72. The van der Waals surface area contributed by atoms with Gasteiger partial charge in [0.1, 0.15) is 18.6 Å². The molecule has 8 N–H and O–H groups in total. The third-order valence-corrected chi connectivity index (χ3v) is 9.26. The van der Waals surface area contributed by atoms with Crippen molar-refractivity contribution in [3.63, 3.8) is 0 Å². The molecule has 7 rings (SSSR count). The monoisotopic (exact) mass is 623 g/mol. The van der Waals surface area contributed by atoms with Gasteiger partial charge in [-0.3, -0.25) is 19.4 Å². The molecule has 0 saturated carbocycles. The minimum atomic E-state index is -2.68. The molecule has 0 aromatic heterocycles. The zero-order valence-corrected chi connectivity index (χ0v) is 24.9. The summed E-state index contributed by atoms with van der Waals surface area (Å²) in [5, 5.41) is 29.4. The number of para-hydroxylation sites is 1. The van der Waals surface area contributed by atoms with Gasteiger partial charge in [0.2, 0.25) is 5.79 Å². The first-order valence-corrected chi connectivity index (χ1v) is 14.8. The van der Waals surface area contributed by atoms with Gasteiger partial charge >= 0.3 is 6.03 Å². The molecule has 4 heterocycles. The molecule has 3 aromatic rings. The molecule has 46 heavy (non-hydrogen) atoms. The second kappa shape index (κ2) is 10.6. The molecular formula is C32H33N9O5. The van der Waals surface area contributed by atoms with Gasteiger partial charge in [0.15, 0.2) is 17.6 Å². The van der Waals surface area contributed by atoms with Crippen LogP contribution in [0.3, 0.4) is 0 Å². The number of nitrogens with two attached hydrogens (primary N) is 2. The second-order valence-electron chi connectivity index (χ2n) is 11.8. The van der Waals surface area contributed by atoms with Crippen molar-refractivity contribution in [2.75, 3.05) is 24.5 Å². The number of aliphatic imine (C=N–C) groups is 2. The van der Waals surface area contributed by atoms with E-state index in [0.29, 0.717) is 11.3 Å². The number of guanidine groups is 2. The van der Waals surface area contributed by atoms with Crippen LogP contribution in [0.25, 0.3) is 11.1 Å². The molecule has 4 atom stereocenters. The normalized spacial score (nSPS) is 26.3. The summed E-state index contributed by atoms with van der Waals surface area (Å²) in [4.78, 5) is 52.9. The quantitative estimate of drug-likeness (QED) is 0.160. The number of anilines is 1. The lowest BCUT2D eigenvalue weighted by Gasteiger charge is -2.49. The van der Waals surface area contributed by atoms with Gasteiger partial charge in [0.05, 0.1) is 12.6 Å². The van der Waals surface area contributed by atoms with E-state index < -0.39 is 47.4 Å². The molecule has 4 aliphatic heterocycles. The van der Waals surface area contributed by atoms with E-state index in [-0.39, 0.29) is 31.6 Å². The van der Waals surface area contributed by atoms with Crippen LogP contribution in [-0.4, -0.2) is 99.0 Å². The van der Waals surface area contributed by atoms with Crippen LogP contribution in [0.1, 0.15) is 15.9 Å². The molecule has 4 amide bonds. The Morgan fingerprint density at radius 1 is 1.00 bits per heavy atom. The zero-order chi connectivity index (χ0) is 32.4. The maximum Gasteiger partial charge on any atom is 0.331 e. The Hall–Kier alpha value is -5.47. The first-order chi connectivity index (χ1) is 22.0. The average Bonchev–Trinajstić information content (AvgIpc) is 3.63. The molecule has 236 valence electrons. The molecule has 14 heteroatoms. The zero-order valence-electron chi connectivity index (χ0n) is 24.9. The fraction of sp³-hybridized carbons (Fsp3) is 0.281. The largest absolute Gasteiger partial charge is 0.370 e. The van der Waals surface area contributed by atoms with Crippen LogP contribution in [0.4, 0.5) is 10.5 Å². The van der Waals surface area contributed by atoms with Gasteiger partial charge in [-0.2, -0.15) is 0 Å². The number of carbonyl (C=O) groups excluding carboxylic acids is 3. The van der Waals surface area contributed by atoms with E-state index >= 15 is 0 Å². The van der Waals surface area contributed by atoms with E-state index in [4.69, 9.17) is 11.5 Å². The fourth-order valence-electron chi connectivity index (χ4n) is 7.00. The molecule has 14 nitrogen and oxygen atoms in total. The molecule has 0 radical (unpaired) electrons. The van der Waals surface area contributed by atoms with Crippen molar-refractivity contribution in [1.29, 1.82) is 0 Å². The van der Waals surface area contributed by atoms with Crippen molar-refractivity contribution in [3.05, 3.63) is 90.0 Å². The highest BCUT2D eigenvalue weighted by atomic mass is 16.5. The number of aliphatic hydroxyl groups is 2. The Bertz CT molecular complexity index is 1800. The van der Waals surface area contributed by atoms with E-state index in [2.05, 4.69) is 20.6 Å². The van der Waals surface area contributed by atoms with Crippen molar-refractivity contribution in [2.45, 2.75) is 36.5 Å². The minimum Gasteiger partial charge on any atom is -0.370 e. The molecule has 0 aliphatic carbocycles. The number of hydrogen-bond acceptors (Lipinski definition) is 11. The molecule has 2 unspecified atom stereocenters. The Morgan fingerprint density at radius 2 is 1.70 bits per heavy atom. The highest BCUT2D eigenvalue weighted by Gasteiger charge is 2.73. The molecule has 2 fully saturated rings. The lowest BCUT2D eigenvalue weighted by molar-refractivity contribution is -0.230. The smallest absolute Gasteiger partial charge is 0.331 e. The van der Waals surface area contributed by atoms with E-state index in [1.54, 1.807) is 42.5 Å². The van der Waals surface area contributed by atoms with E-state index in [1.807, 2.05) is 43.3 Å². The third-order valence-electron chi connectivity index (χ3n) is 9.26. The molecular weight excluding hydrogens is 590 g/mol. The molecule has 0 bridgehead atoms. The van der Waals surface area contributed by atoms with Crippen LogP contribution in [0.5, 0.6) is 0 Å². The van der Waals surface area contributed by atoms with E-state index in [9.17, 15) is 24.6 Å². The predicted octanol–water partition coefficient (Wildman–Crippen LogP) is -0.0946. The van der Waals surface area contributed by atoms with Gasteiger partial charge < -0.3 is 37.2 Å². The van der Waals surface area contributed by atoms with Gasteiger partial charge in [0.25, 0.3) is 11.8 Å².